The maximum Gasteiger partial charge on any atom is 0.420 e. The molecule has 3 fully saturated rings. The lowest BCUT2D eigenvalue weighted by Crippen LogP contribution is -2.32. The second-order valence-corrected chi connectivity index (χ2v) is 10.1. The highest BCUT2D eigenvalue weighted by Gasteiger charge is 2.43. The van der Waals surface area contributed by atoms with Gasteiger partial charge in [-0.05, 0) is 61.5 Å². The van der Waals surface area contributed by atoms with E-state index in [9.17, 15) is 13.2 Å². The Kier molecular flexibility index (Phi) is 6.80. The molecule has 0 amide bonds. The predicted octanol–water partition coefficient (Wildman–Crippen LogP) is 5.27. The molecule has 2 aromatic rings. The fourth-order valence-electron chi connectivity index (χ4n) is 6.08. The summed E-state index contributed by atoms with van der Waals surface area (Å²) in [5, 5.41) is 11.4. The van der Waals surface area contributed by atoms with Gasteiger partial charge in [0.1, 0.15) is 5.56 Å². The first-order chi connectivity index (χ1) is 16.4. The van der Waals surface area contributed by atoms with Crippen LogP contribution >= 0.6 is 0 Å². The topological polar surface area (TPSA) is 50.3 Å². The number of hydrogen-bond acceptors (Lipinski definition) is 5. The third-order valence-corrected chi connectivity index (χ3v) is 7.80. The van der Waals surface area contributed by atoms with Gasteiger partial charge >= 0.3 is 6.18 Å². The second kappa shape index (κ2) is 9.82. The molecule has 3 aliphatic rings. The van der Waals surface area contributed by atoms with Gasteiger partial charge in [0, 0.05) is 44.5 Å². The molecule has 0 radical (unpaired) electrons. The molecule has 3 heterocycles. The zero-order valence-corrected chi connectivity index (χ0v) is 19.7. The lowest BCUT2D eigenvalue weighted by molar-refractivity contribution is -0.137. The van der Waals surface area contributed by atoms with Crippen molar-refractivity contribution in [3.8, 4) is 11.3 Å². The van der Waals surface area contributed by atoms with Gasteiger partial charge in [0.2, 0.25) is 0 Å². The Balaban J connectivity index is 1.26. The van der Waals surface area contributed by atoms with Crippen LogP contribution in [0.1, 0.15) is 43.7 Å². The van der Waals surface area contributed by atoms with Crippen LogP contribution < -0.4 is 5.32 Å². The van der Waals surface area contributed by atoms with E-state index in [2.05, 4.69) is 20.4 Å². The van der Waals surface area contributed by atoms with Crippen LogP contribution in [0.4, 0.5) is 19.0 Å². The van der Waals surface area contributed by atoms with E-state index in [1.54, 1.807) is 6.07 Å². The highest BCUT2D eigenvalue weighted by atomic mass is 19.4. The molecular weight excluding hydrogens is 441 g/mol. The van der Waals surface area contributed by atoms with E-state index < -0.39 is 11.7 Å². The summed E-state index contributed by atoms with van der Waals surface area (Å²) in [5.41, 5.74) is 1.19. The summed E-state index contributed by atoms with van der Waals surface area (Å²) >= 11 is 0. The van der Waals surface area contributed by atoms with Gasteiger partial charge in [0.15, 0.2) is 5.82 Å². The van der Waals surface area contributed by atoms with Crippen LogP contribution in [0.5, 0.6) is 0 Å². The number of rotatable bonds is 6. The van der Waals surface area contributed by atoms with Gasteiger partial charge in [0.25, 0.3) is 0 Å². The molecule has 1 saturated carbocycles. The SMILES string of the molecule is CCc1ccccc1-c1cc(C(F)(F)F)c(N[C@@H]2C[C@@H]3CN(CC4CCOCC4)C[C@@H]3C2)nn1. The molecule has 2 aliphatic heterocycles. The monoisotopic (exact) mass is 474 g/mol. The van der Waals surface area contributed by atoms with Crippen molar-refractivity contribution in [1.82, 2.24) is 15.1 Å². The van der Waals surface area contributed by atoms with Crippen LogP contribution in [0.15, 0.2) is 30.3 Å². The van der Waals surface area contributed by atoms with Crippen molar-refractivity contribution in [2.75, 3.05) is 38.2 Å². The van der Waals surface area contributed by atoms with E-state index in [0.29, 0.717) is 23.3 Å². The first-order valence-electron chi connectivity index (χ1n) is 12.5. The highest BCUT2D eigenvalue weighted by Crippen LogP contribution is 2.42. The lowest BCUT2D eigenvalue weighted by atomic mass is 10.00. The van der Waals surface area contributed by atoms with Crippen LogP contribution in [-0.2, 0) is 17.3 Å². The molecule has 1 N–H and O–H groups in total. The van der Waals surface area contributed by atoms with Crippen LogP contribution in [0.3, 0.4) is 0 Å². The van der Waals surface area contributed by atoms with Crippen molar-refractivity contribution >= 4 is 5.82 Å². The van der Waals surface area contributed by atoms with E-state index in [-0.39, 0.29) is 17.6 Å². The minimum absolute atomic E-state index is 0.00408. The van der Waals surface area contributed by atoms with Crippen molar-refractivity contribution < 1.29 is 17.9 Å². The molecule has 5 rings (SSSR count). The Morgan fingerprint density at radius 3 is 2.44 bits per heavy atom. The van der Waals surface area contributed by atoms with Crippen LogP contribution in [0, 0.1) is 17.8 Å². The Morgan fingerprint density at radius 2 is 1.76 bits per heavy atom. The van der Waals surface area contributed by atoms with E-state index in [1.165, 1.54) is 0 Å². The van der Waals surface area contributed by atoms with Crippen molar-refractivity contribution in [2.24, 2.45) is 17.8 Å². The van der Waals surface area contributed by atoms with Gasteiger partial charge < -0.3 is 15.0 Å². The van der Waals surface area contributed by atoms with Gasteiger partial charge in [-0.3, -0.25) is 0 Å². The Morgan fingerprint density at radius 1 is 1.06 bits per heavy atom. The molecule has 1 aliphatic carbocycles. The van der Waals surface area contributed by atoms with Crippen molar-refractivity contribution in [3.05, 3.63) is 41.5 Å². The average Bonchev–Trinajstić information content (AvgIpc) is 3.37. The van der Waals surface area contributed by atoms with E-state index in [4.69, 9.17) is 4.74 Å². The van der Waals surface area contributed by atoms with Gasteiger partial charge in [-0.15, -0.1) is 10.2 Å². The molecular formula is C26H33F3N4O. The minimum Gasteiger partial charge on any atom is -0.381 e. The number of aryl methyl sites for hydroxylation is 1. The number of fused-ring (bicyclic) bond motifs is 1. The molecule has 1 aromatic carbocycles. The second-order valence-electron chi connectivity index (χ2n) is 10.1. The Labute approximate surface area is 199 Å². The van der Waals surface area contributed by atoms with E-state index in [1.807, 2.05) is 25.1 Å². The first kappa shape index (κ1) is 23.5. The summed E-state index contributed by atoms with van der Waals surface area (Å²) in [6.45, 7) is 6.92. The number of ether oxygens (including phenoxy) is 1. The van der Waals surface area contributed by atoms with Gasteiger partial charge in [-0.1, -0.05) is 31.2 Å². The van der Waals surface area contributed by atoms with Crippen LogP contribution in [0.2, 0.25) is 0 Å². The third kappa shape index (κ3) is 5.08. The molecule has 0 spiro atoms. The van der Waals surface area contributed by atoms with Crippen LogP contribution in [-0.4, -0.2) is 54.0 Å². The number of nitrogens with one attached hydrogen (secondary N) is 1. The van der Waals surface area contributed by atoms with Crippen molar-refractivity contribution in [2.45, 2.75) is 51.2 Å². The summed E-state index contributed by atoms with van der Waals surface area (Å²) in [6, 6.07) is 8.58. The fourth-order valence-corrected chi connectivity index (χ4v) is 6.08. The van der Waals surface area contributed by atoms with Gasteiger partial charge in [-0.2, -0.15) is 13.2 Å². The molecule has 8 heteroatoms. The summed E-state index contributed by atoms with van der Waals surface area (Å²) in [6.07, 6.45) is 0.253. The maximum atomic E-state index is 14.0. The average molecular weight is 475 g/mol. The molecule has 184 valence electrons. The number of benzene rings is 1. The molecule has 3 atom stereocenters. The normalized spacial score (nSPS) is 26.1. The number of likely N-dealkylation sites (tertiary alicyclic amines) is 1. The highest BCUT2D eigenvalue weighted by molar-refractivity contribution is 5.66. The minimum atomic E-state index is -4.50. The smallest absolute Gasteiger partial charge is 0.381 e. The van der Waals surface area contributed by atoms with Crippen molar-refractivity contribution in [3.63, 3.8) is 0 Å². The molecule has 2 saturated heterocycles. The Hall–Kier alpha value is -2.19. The fraction of sp³-hybridized carbons (Fsp3) is 0.615. The summed E-state index contributed by atoms with van der Waals surface area (Å²) in [5.74, 6) is 1.64. The van der Waals surface area contributed by atoms with E-state index >= 15 is 0 Å². The molecule has 5 nitrogen and oxygen atoms in total. The summed E-state index contributed by atoms with van der Waals surface area (Å²) < 4.78 is 47.4. The maximum absolute atomic E-state index is 14.0. The number of hydrogen-bond donors (Lipinski definition) is 1. The lowest BCUT2D eigenvalue weighted by Gasteiger charge is -2.28. The van der Waals surface area contributed by atoms with Gasteiger partial charge in [-0.25, -0.2) is 0 Å². The number of anilines is 1. The largest absolute Gasteiger partial charge is 0.420 e. The molecule has 0 unspecified atom stereocenters. The molecule has 0 bridgehead atoms. The number of alkyl halides is 3. The summed E-state index contributed by atoms with van der Waals surface area (Å²) in [4.78, 5) is 2.56. The standard InChI is InChI=1S/C26H33F3N4O/c1-2-18-5-3-4-6-22(18)24-13-23(26(27,28)29)25(32-31-24)30-21-11-19-15-33(16-20(19)12-21)14-17-7-9-34-10-8-17/h3-6,13,17,19-21H,2,7-12,14-16H2,1H3,(H,30,32)/t19-,20+,21-. The zero-order chi connectivity index (χ0) is 23.7. The van der Waals surface area contributed by atoms with Crippen LogP contribution in [0.25, 0.3) is 11.3 Å². The van der Waals surface area contributed by atoms with Crippen molar-refractivity contribution in [1.29, 1.82) is 0 Å². The molecule has 34 heavy (non-hydrogen) atoms. The first-order valence-corrected chi connectivity index (χ1v) is 12.5. The number of halogens is 3. The van der Waals surface area contributed by atoms with E-state index in [0.717, 1.165) is 76.6 Å². The Bertz CT molecular complexity index is 978. The summed E-state index contributed by atoms with van der Waals surface area (Å²) in [7, 11) is 0. The van der Waals surface area contributed by atoms with Gasteiger partial charge in [0.05, 0.1) is 5.69 Å². The quantitative estimate of drug-likeness (QED) is 0.618. The molecule has 1 aromatic heterocycles. The zero-order valence-electron chi connectivity index (χ0n) is 19.7. The number of aromatic nitrogens is 2. The number of nitrogens with zero attached hydrogens (tertiary/aromatic N) is 3. The third-order valence-electron chi connectivity index (χ3n) is 7.80. The predicted molar refractivity (Wildman–Crippen MR) is 125 cm³/mol.